The van der Waals surface area contributed by atoms with Crippen molar-refractivity contribution < 1.29 is 36.2 Å². The van der Waals surface area contributed by atoms with Crippen molar-refractivity contribution in [2.75, 3.05) is 6.54 Å². The molecule has 0 aliphatic carbocycles. The number of sulfonamides is 1. The van der Waals surface area contributed by atoms with Crippen LogP contribution in [-0.4, -0.2) is 37.0 Å². The predicted octanol–water partition coefficient (Wildman–Crippen LogP) is 11.0. The third-order valence-corrected chi connectivity index (χ3v) is 11.8. The highest BCUT2D eigenvalue weighted by Crippen LogP contribution is 2.39. The van der Waals surface area contributed by atoms with Crippen LogP contribution in [-0.2, 0) is 35.0 Å². The lowest BCUT2D eigenvalue weighted by atomic mass is 9.97. The minimum atomic E-state index is -4.93. The number of nitrogens with zero attached hydrogens (tertiary/aromatic N) is 1. The number of benzene rings is 6. The van der Waals surface area contributed by atoms with Gasteiger partial charge in [0.15, 0.2) is 0 Å². The summed E-state index contributed by atoms with van der Waals surface area (Å²) in [4.78, 5) is 11.4. The lowest BCUT2D eigenvalue weighted by molar-refractivity contribution is -0.274. The van der Waals surface area contributed by atoms with Gasteiger partial charge in [-0.25, -0.2) is 17.9 Å². The summed E-state index contributed by atoms with van der Waals surface area (Å²) in [7, 11) is -4.02. The molecule has 0 unspecified atom stereocenters. The molecule has 302 valence electrons. The molecule has 1 heterocycles. The first-order chi connectivity index (χ1) is 28.4. The normalized spacial score (nSPS) is 11.9. The zero-order chi connectivity index (χ0) is 41.6. The number of aromatic carboxylic acids is 1. The number of fused-ring (bicyclic) bond motifs is 1. The maximum absolute atomic E-state index is 13.9. The first-order valence-electron chi connectivity index (χ1n) is 19.0. The molecular formula is C47H40ClF3N2O5S. The van der Waals surface area contributed by atoms with Crippen molar-refractivity contribution in [3.8, 4) is 16.9 Å². The van der Waals surface area contributed by atoms with Crippen LogP contribution < -0.4 is 9.46 Å². The number of carboxylic acid groups (broad SMARTS) is 1. The van der Waals surface area contributed by atoms with Gasteiger partial charge in [-0.05, 0) is 89.0 Å². The minimum absolute atomic E-state index is 0.0300. The molecule has 0 atom stereocenters. The number of para-hydroxylation sites is 1. The Hall–Kier alpha value is -5.88. The van der Waals surface area contributed by atoms with Crippen LogP contribution in [0, 0.1) is 0 Å². The molecule has 12 heteroatoms. The Morgan fingerprint density at radius 3 is 2.00 bits per heavy atom. The van der Waals surface area contributed by atoms with E-state index in [1.807, 2.05) is 66.7 Å². The Kier molecular flexibility index (Phi) is 12.6. The third kappa shape index (κ3) is 10.1. The molecule has 7 nitrogen and oxygen atoms in total. The number of hydrogen-bond donors (Lipinski definition) is 2. The van der Waals surface area contributed by atoms with Crippen molar-refractivity contribution in [2.45, 2.75) is 43.8 Å². The first kappa shape index (κ1) is 41.3. The lowest BCUT2D eigenvalue weighted by Gasteiger charge is -2.25. The van der Waals surface area contributed by atoms with Gasteiger partial charge < -0.3 is 14.4 Å². The molecule has 1 aromatic heterocycles. The summed E-state index contributed by atoms with van der Waals surface area (Å²) in [5.74, 6) is -1.90. The van der Waals surface area contributed by atoms with Crippen molar-refractivity contribution in [3.05, 3.63) is 196 Å². The molecule has 6 aromatic carbocycles. The van der Waals surface area contributed by atoms with Crippen molar-refractivity contribution in [1.29, 1.82) is 0 Å². The van der Waals surface area contributed by atoms with Gasteiger partial charge in [0.05, 0.1) is 17.4 Å². The van der Waals surface area contributed by atoms with E-state index in [0.29, 0.717) is 41.8 Å². The predicted molar refractivity (Wildman–Crippen MR) is 225 cm³/mol. The van der Waals surface area contributed by atoms with Gasteiger partial charge in [0.2, 0.25) is 10.0 Å². The third-order valence-electron chi connectivity index (χ3n) is 10.2. The molecule has 0 radical (unpaired) electrons. The van der Waals surface area contributed by atoms with Crippen LogP contribution in [0.2, 0.25) is 5.02 Å². The van der Waals surface area contributed by atoms with Crippen LogP contribution in [0.15, 0.2) is 152 Å². The Morgan fingerprint density at radius 1 is 0.746 bits per heavy atom. The van der Waals surface area contributed by atoms with Crippen molar-refractivity contribution in [3.63, 3.8) is 0 Å². The van der Waals surface area contributed by atoms with E-state index in [1.54, 1.807) is 42.5 Å². The number of rotatable bonds is 16. The van der Waals surface area contributed by atoms with E-state index in [1.165, 1.54) is 18.2 Å². The summed E-state index contributed by atoms with van der Waals surface area (Å²) in [6, 6.07) is 44.6. The number of carbonyl (C=O) groups is 1. The molecule has 0 fully saturated rings. The summed E-state index contributed by atoms with van der Waals surface area (Å²) in [5.41, 5.74) is 6.88. The van der Waals surface area contributed by atoms with Gasteiger partial charge >= 0.3 is 12.3 Å². The zero-order valence-corrected chi connectivity index (χ0v) is 33.3. The fourth-order valence-electron chi connectivity index (χ4n) is 7.69. The number of alkyl halides is 3. The number of carboxylic acids is 1. The molecule has 2 N–H and O–H groups in total. The van der Waals surface area contributed by atoms with Gasteiger partial charge in [0, 0.05) is 40.1 Å². The molecule has 7 rings (SSSR count). The molecular weight excluding hydrogens is 797 g/mol. The van der Waals surface area contributed by atoms with Crippen molar-refractivity contribution in [1.82, 2.24) is 9.29 Å². The largest absolute Gasteiger partial charge is 0.573 e. The highest BCUT2D eigenvalue weighted by Gasteiger charge is 2.32. The smallest absolute Gasteiger partial charge is 0.478 e. The second kappa shape index (κ2) is 17.9. The topological polar surface area (TPSA) is 97.6 Å². The quantitative estimate of drug-likeness (QED) is 0.101. The molecule has 0 aliphatic heterocycles. The number of nitrogens with one attached hydrogen (secondary N) is 1. The van der Waals surface area contributed by atoms with E-state index in [4.69, 9.17) is 11.6 Å². The highest BCUT2D eigenvalue weighted by atomic mass is 35.5. The molecule has 59 heavy (non-hydrogen) atoms. The SMILES string of the molecule is O=C(O)c1ccc(CCCc2c(CCNS(=O)(=O)Cc3ccccc3-c3ccccc3OC(F)(F)F)n(C(c3ccccc3)c3ccccc3)c3ccc(Cl)cc23)cc1. The zero-order valence-electron chi connectivity index (χ0n) is 31.7. The lowest BCUT2D eigenvalue weighted by Crippen LogP contribution is -2.28. The standard InChI is InChI=1S/C47H40ClF3N2O5S/c48-37-26-27-42-41(30-37)39(20-11-12-32-22-24-35(25-23-32)46(54)55)43(53(42)45(33-13-3-1-4-14-33)34-15-5-2-6-16-34)28-29-52-59(56,57)31-36-17-7-8-18-38(36)40-19-9-10-21-44(40)58-47(49,50)51/h1-10,13-19,21-27,30,45,52H,11-12,20,28-29,31H2,(H,54,55). The summed E-state index contributed by atoms with van der Waals surface area (Å²) in [6.07, 6.45) is -2.62. The molecule has 0 aliphatic rings. The van der Waals surface area contributed by atoms with E-state index in [0.717, 1.165) is 38.9 Å². The monoisotopic (exact) mass is 836 g/mol. The van der Waals surface area contributed by atoms with Crippen LogP contribution in [0.5, 0.6) is 5.75 Å². The Labute approximate surface area is 345 Å². The van der Waals surface area contributed by atoms with Crippen molar-refractivity contribution in [2.24, 2.45) is 0 Å². The van der Waals surface area contributed by atoms with E-state index >= 15 is 0 Å². The fourth-order valence-corrected chi connectivity index (χ4v) is 9.04. The second-order valence-electron chi connectivity index (χ2n) is 14.1. The Morgan fingerprint density at radius 2 is 1.36 bits per heavy atom. The highest BCUT2D eigenvalue weighted by molar-refractivity contribution is 7.88. The maximum Gasteiger partial charge on any atom is 0.573 e. The minimum Gasteiger partial charge on any atom is -0.478 e. The molecule has 0 saturated carbocycles. The van der Waals surface area contributed by atoms with Gasteiger partial charge in [0.1, 0.15) is 5.75 Å². The van der Waals surface area contributed by atoms with Crippen molar-refractivity contribution >= 4 is 38.5 Å². The number of ether oxygens (including phenoxy) is 1. The van der Waals surface area contributed by atoms with Crippen LogP contribution >= 0.6 is 11.6 Å². The molecule has 0 spiro atoms. The summed E-state index contributed by atoms with van der Waals surface area (Å²) in [6.45, 7) is 0.0300. The van der Waals surface area contributed by atoms with Gasteiger partial charge in [-0.15, -0.1) is 13.2 Å². The molecule has 0 saturated heterocycles. The summed E-state index contributed by atoms with van der Waals surface area (Å²) >= 11 is 6.66. The van der Waals surface area contributed by atoms with Crippen LogP contribution in [0.25, 0.3) is 22.0 Å². The van der Waals surface area contributed by atoms with E-state index < -0.39 is 33.9 Å². The average Bonchev–Trinajstić information content (AvgIpc) is 3.50. The molecule has 0 bridgehead atoms. The van der Waals surface area contributed by atoms with Gasteiger partial charge in [-0.1, -0.05) is 127 Å². The summed E-state index contributed by atoms with van der Waals surface area (Å²) < 4.78 is 77.0. The number of hydrogen-bond acceptors (Lipinski definition) is 4. The average molecular weight is 837 g/mol. The van der Waals surface area contributed by atoms with Gasteiger partial charge in [-0.3, -0.25) is 0 Å². The number of aryl methyl sites for hydroxylation is 2. The van der Waals surface area contributed by atoms with Gasteiger partial charge in [0.25, 0.3) is 0 Å². The molecule has 0 amide bonds. The van der Waals surface area contributed by atoms with Crippen LogP contribution in [0.4, 0.5) is 13.2 Å². The van der Waals surface area contributed by atoms with E-state index in [-0.39, 0.29) is 23.7 Å². The fraction of sp³-hybridized carbons (Fsp3) is 0.170. The molecule has 7 aromatic rings. The van der Waals surface area contributed by atoms with Crippen LogP contribution in [0.3, 0.4) is 0 Å². The summed E-state index contributed by atoms with van der Waals surface area (Å²) in [5, 5.41) is 10.9. The van der Waals surface area contributed by atoms with Crippen LogP contribution in [0.1, 0.15) is 56.3 Å². The first-order valence-corrected chi connectivity index (χ1v) is 21.0. The van der Waals surface area contributed by atoms with E-state index in [9.17, 15) is 31.5 Å². The van der Waals surface area contributed by atoms with Gasteiger partial charge in [-0.2, -0.15) is 0 Å². The number of aromatic nitrogens is 1. The Bertz CT molecular complexity index is 2630. The van der Waals surface area contributed by atoms with E-state index in [2.05, 4.69) is 38.3 Å². The maximum atomic E-state index is 13.9. The second-order valence-corrected chi connectivity index (χ2v) is 16.4. The Balaban J connectivity index is 1.24. The number of halogens is 4.